The van der Waals surface area contributed by atoms with Gasteiger partial charge in [-0.15, -0.1) is 22.5 Å². The van der Waals surface area contributed by atoms with E-state index in [2.05, 4.69) is 84.8 Å². The Morgan fingerprint density at radius 1 is 1.07 bits per heavy atom. The van der Waals surface area contributed by atoms with Crippen LogP contribution in [0.4, 0.5) is 0 Å². The molecule has 5 rings (SSSR count). The lowest BCUT2D eigenvalue weighted by Gasteiger charge is -2.35. The first kappa shape index (κ1) is 33.1. The van der Waals surface area contributed by atoms with Crippen molar-refractivity contribution in [2.45, 2.75) is 103 Å². The minimum absolute atomic E-state index is 0.457. The predicted molar refractivity (Wildman–Crippen MR) is 180 cm³/mol. The van der Waals surface area contributed by atoms with Gasteiger partial charge in [0.25, 0.3) is 0 Å². The molecular weight excluding hydrogens is 529 g/mol. The van der Waals surface area contributed by atoms with Crippen LogP contribution in [-0.4, -0.2) is 47.5 Å². The van der Waals surface area contributed by atoms with Crippen molar-refractivity contribution < 1.29 is 5.11 Å². The second-order valence-electron chi connectivity index (χ2n) is 12.4. The summed E-state index contributed by atoms with van der Waals surface area (Å²) in [4.78, 5) is 2.49. The van der Waals surface area contributed by atoms with Gasteiger partial charge in [-0.05, 0) is 86.8 Å². The fourth-order valence-electron chi connectivity index (χ4n) is 6.14. The molecule has 1 saturated heterocycles. The van der Waals surface area contributed by atoms with Crippen LogP contribution in [0.15, 0.2) is 49.0 Å². The van der Waals surface area contributed by atoms with Gasteiger partial charge in [0.1, 0.15) is 0 Å². The molecule has 5 heteroatoms. The van der Waals surface area contributed by atoms with E-state index in [1.165, 1.54) is 70.7 Å². The zero-order valence-electron chi connectivity index (χ0n) is 25.6. The first-order valence-electron chi connectivity index (χ1n) is 15.5. The van der Waals surface area contributed by atoms with Crippen LogP contribution in [0.2, 0.25) is 0 Å². The lowest BCUT2D eigenvalue weighted by Crippen LogP contribution is -2.43. The number of rotatable bonds is 7. The third-order valence-electron chi connectivity index (χ3n) is 8.98. The van der Waals surface area contributed by atoms with E-state index < -0.39 is 5.60 Å². The lowest BCUT2D eigenvalue weighted by atomic mass is 9.86. The number of nitrogens with zero attached hydrogens (tertiary/aromatic N) is 1. The zero-order valence-corrected chi connectivity index (χ0v) is 27.3. The molecule has 3 aliphatic rings. The summed E-state index contributed by atoms with van der Waals surface area (Å²) in [6, 6.07) is 16.1. The Kier molecular flexibility index (Phi) is 14.0. The van der Waals surface area contributed by atoms with Crippen LogP contribution in [0.3, 0.4) is 0 Å². The van der Waals surface area contributed by atoms with Gasteiger partial charge in [0.05, 0.1) is 5.60 Å². The first-order chi connectivity index (χ1) is 19.2. The number of piperidine rings is 1. The van der Waals surface area contributed by atoms with Crippen LogP contribution >= 0.6 is 22.5 Å². The second-order valence-corrected chi connectivity index (χ2v) is 13.8. The Balaban J connectivity index is 0.000000374. The molecule has 2 aromatic rings. The minimum atomic E-state index is -0.461. The minimum Gasteiger partial charge on any atom is -0.390 e. The normalized spacial score (nSPS) is 20.4. The highest BCUT2D eigenvalue weighted by atomic mass is 33.1. The summed E-state index contributed by atoms with van der Waals surface area (Å²) in [5, 5.41) is 13.8. The summed E-state index contributed by atoms with van der Waals surface area (Å²) in [6.45, 7) is 13.8. The maximum atomic E-state index is 10.1. The van der Waals surface area contributed by atoms with Crippen LogP contribution in [0.5, 0.6) is 0 Å². The Morgan fingerprint density at radius 3 is 2.33 bits per heavy atom. The number of thiol groups is 1. The van der Waals surface area contributed by atoms with E-state index in [-0.39, 0.29) is 0 Å². The van der Waals surface area contributed by atoms with E-state index >= 15 is 0 Å². The fraction of sp³-hybridized carbons (Fsp3) is 0.600. The maximum Gasteiger partial charge on any atom is 0.0644 e. The molecule has 0 amide bonds. The zero-order chi connectivity index (χ0) is 29.0. The van der Waals surface area contributed by atoms with Gasteiger partial charge >= 0.3 is 0 Å². The van der Waals surface area contributed by atoms with E-state index in [1.54, 1.807) is 0 Å². The average Bonchev–Trinajstić information content (AvgIpc) is 3.48. The van der Waals surface area contributed by atoms with Gasteiger partial charge in [0.2, 0.25) is 0 Å². The number of hydrogen-bond donors (Lipinski definition) is 3. The molecule has 2 N–H and O–H groups in total. The number of nitrogens with one attached hydrogen (secondary N) is 1. The van der Waals surface area contributed by atoms with E-state index in [0.717, 1.165) is 69.8 Å². The number of aliphatic hydroxyl groups is 1. The van der Waals surface area contributed by atoms with Crippen molar-refractivity contribution in [3.63, 3.8) is 0 Å². The molecule has 1 saturated carbocycles. The molecule has 0 spiro atoms. The van der Waals surface area contributed by atoms with E-state index in [0.29, 0.717) is 6.04 Å². The Morgan fingerprint density at radius 2 is 1.73 bits per heavy atom. The average molecular weight is 583 g/mol. The van der Waals surface area contributed by atoms with E-state index in [4.69, 9.17) is 0 Å². The topological polar surface area (TPSA) is 35.5 Å². The molecule has 1 aliphatic heterocycles. The standard InChI is InChI=1S/C27H36N2O.C7H14.CH4S2/c1-20-4-7-23(8-5-20)21(2)28-26-11-10-24-18-22(6-9-25(24)19-26)12-15-29-16-13-27(3,30)14-17-29;1-2-7-5-3-4-6-7;1-3-2/h4-9,18,26,28,30H,2,10-17,19H2,1,3H3;7H,2-6H2,1H3;2H,1H3. The van der Waals surface area contributed by atoms with Crippen LogP contribution in [0.25, 0.3) is 5.70 Å². The molecule has 2 fully saturated rings. The van der Waals surface area contributed by atoms with Crippen molar-refractivity contribution in [2.24, 2.45) is 5.92 Å². The summed E-state index contributed by atoms with van der Waals surface area (Å²) < 4.78 is 0. The van der Waals surface area contributed by atoms with Gasteiger partial charge in [0.15, 0.2) is 0 Å². The quantitative estimate of drug-likeness (QED) is 0.227. The van der Waals surface area contributed by atoms with Crippen molar-refractivity contribution in [1.82, 2.24) is 10.2 Å². The van der Waals surface area contributed by atoms with Crippen molar-refractivity contribution in [3.05, 3.63) is 76.9 Å². The molecule has 222 valence electrons. The highest BCUT2D eigenvalue weighted by Crippen LogP contribution is 2.27. The smallest absolute Gasteiger partial charge is 0.0644 e. The first-order valence-corrected chi connectivity index (χ1v) is 17.8. The van der Waals surface area contributed by atoms with Crippen LogP contribution in [-0.2, 0) is 19.3 Å². The summed E-state index contributed by atoms with van der Waals surface area (Å²) in [7, 11) is 1.44. The number of hydrogen-bond acceptors (Lipinski definition) is 5. The largest absolute Gasteiger partial charge is 0.390 e. The SMILES string of the molecule is C=C(NC1CCc2cc(CCN3CCC(C)(O)CC3)ccc2C1)c1ccc(C)cc1.CCC1CCCC1.CSS. The summed E-state index contributed by atoms with van der Waals surface area (Å²) in [5.74, 6) is 1.10. The number of likely N-dealkylation sites (tertiary alicyclic amines) is 1. The Bertz CT molecular complexity index is 1020. The number of aryl methyl sites for hydroxylation is 2. The highest BCUT2D eigenvalue weighted by molar-refractivity contribution is 8.68. The Labute approximate surface area is 254 Å². The van der Waals surface area contributed by atoms with Gasteiger partial charge in [-0.25, -0.2) is 0 Å². The molecular formula is C35H54N2OS2. The van der Waals surface area contributed by atoms with E-state index in [9.17, 15) is 5.11 Å². The van der Waals surface area contributed by atoms with Gasteiger partial charge < -0.3 is 15.3 Å². The Hall–Kier alpha value is -1.40. The van der Waals surface area contributed by atoms with Crippen LogP contribution in [0.1, 0.15) is 93.0 Å². The van der Waals surface area contributed by atoms with Crippen molar-refractivity contribution in [1.29, 1.82) is 0 Å². The number of fused-ring (bicyclic) bond motifs is 1. The third kappa shape index (κ3) is 11.1. The van der Waals surface area contributed by atoms with Crippen molar-refractivity contribution in [3.8, 4) is 0 Å². The van der Waals surface area contributed by atoms with Crippen LogP contribution in [0, 0.1) is 12.8 Å². The van der Waals surface area contributed by atoms with Gasteiger partial charge in [-0.1, -0.05) is 93.6 Å². The molecule has 1 heterocycles. The van der Waals surface area contributed by atoms with Crippen LogP contribution < -0.4 is 5.32 Å². The molecule has 2 aromatic carbocycles. The van der Waals surface area contributed by atoms with Crippen molar-refractivity contribution in [2.75, 3.05) is 25.9 Å². The molecule has 1 unspecified atom stereocenters. The molecule has 0 bridgehead atoms. The van der Waals surface area contributed by atoms with Gasteiger partial charge in [-0.3, -0.25) is 0 Å². The van der Waals surface area contributed by atoms with Gasteiger partial charge in [-0.2, -0.15) is 0 Å². The summed E-state index contributed by atoms with van der Waals surface area (Å²) >= 11 is 3.71. The monoisotopic (exact) mass is 582 g/mol. The van der Waals surface area contributed by atoms with Crippen molar-refractivity contribution >= 4 is 28.2 Å². The molecule has 40 heavy (non-hydrogen) atoms. The maximum absolute atomic E-state index is 10.1. The molecule has 2 aliphatic carbocycles. The fourth-order valence-corrected chi connectivity index (χ4v) is 6.14. The molecule has 3 nitrogen and oxygen atoms in total. The summed E-state index contributed by atoms with van der Waals surface area (Å²) in [6.07, 6.45) is 15.6. The second kappa shape index (κ2) is 16.9. The van der Waals surface area contributed by atoms with E-state index in [1.807, 2.05) is 13.2 Å². The highest BCUT2D eigenvalue weighted by Gasteiger charge is 2.27. The molecule has 0 aromatic heterocycles. The third-order valence-corrected chi connectivity index (χ3v) is 8.98. The molecule has 1 atom stereocenters. The lowest BCUT2D eigenvalue weighted by molar-refractivity contribution is -0.00491. The predicted octanol–water partition coefficient (Wildman–Crippen LogP) is 8.28. The summed E-state index contributed by atoms with van der Waals surface area (Å²) in [5.41, 5.74) is 7.48. The number of benzene rings is 2. The van der Waals surface area contributed by atoms with Gasteiger partial charge in [0, 0.05) is 31.4 Å². The molecule has 0 radical (unpaired) electrons.